The standard InChI is InChI=1S/C26H28N2.C14H23NO2/c1-4-11-23(12-5-1)13-10-18-27-19-21-28(22-20-27)26(24-14-6-2-7-15-24)25-16-8-3-9-17-25;1-10-6-12(15(17)13(16)8-10)7-11(2)9-14(3,4)5/h1-17,26H,18-22H2;6,8,11,17H,7,9H2,1-5H3/b13-10+;. The molecule has 0 aliphatic carbocycles. The Morgan fingerprint density at radius 3 is 1.87 bits per heavy atom. The lowest BCUT2D eigenvalue weighted by molar-refractivity contribution is 0.118. The predicted octanol–water partition coefficient (Wildman–Crippen LogP) is 8.12. The second kappa shape index (κ2) is 16.4. The largest absolute Gasteiger partial charge is 0.425 e. The molecular formula is C40H51N3O2. The van der Waals surface area contributed by atoms with Crippen LogP contribution in [0.25, 0.3) is 6.08 Å². The molecule has 5 rings (SSSR count). The number of piperazine rings is 1. The number of nitrogens with zero attached hydrogens (tertiary/aromatic N) is 3. The Morgan fingerprint density at radius 2 is 1.33 bits per heavy atom. The van der Waals surface area contributed by atoms with E-state index in [1.807, 2.05) is 13.0 Å². The number of pyridine rings is 1. The molecule has 1 aromatic heterocycles. The van der Waals surface area contributed by atoms with Crippen LogP contribution in [0.2, 0.25) is 0 Å². The molecule has 5 heteroatoms. The minimum atomic E-state index is -0.344. The summed E-state index contributed by atoms with van der Waals surface area (Å²) in [6.45, 7) is 16.0. The van der Waals surface area contributed by atoms with Gasteiger partial charge in [-0.2, -0.15) is 4.73 Å². The van der Waals surface area contributed by atoms with Gasteiger partial charge < -0.3 is 5.21 Å². The molecule has 1 aliphatic rings. The Labute approximate surface area is 270 Å². The highest BCUT2D eigenvalue weighted by Crippen LogP contribution is 2.29. The second-order valence-corrected chi connectivity index (χ2v) is 13.6. The van der Waals surface area contributed by atoms with E-state index in [0.29, 0.717) is 17.7 Å². The molecule has 1 aliphatic heterocycles. The van der Waals surface area contributed by atoms with Crippen LogP contribution in [0.15, 0.2) is 114 Å². The quantitative estimate of drug-likeness (QED) is 0.196. The minimum absolute atomic E-state index is 0.268. The van der Waals surface area contributed by atoms with Crippen molar-refractivity contribution in [3.63, 3.8) is 0 Å². The van der Waals surface area contributed by atoms with Crippen LogP contribution in [0.5, 0.6) is 0 Å². The van der Waals surface area contributed by atoms with Crippen LogP contribution >= 0.6 is 0 Å². The number of hydrogen-bond donors (Lipinski definition) is 1. The van der Waals surface area contributed by atoms with Gasteiger partial charge in [0.15, 0.2) is 0 Å². The summed E-state index contributed by atoms with van der Waals surface area (Å²) >= 11 is 0. The van der Waals surface area contributed by atoms with Crippen molar-refractivity contribution < 1.29 is 5.21 Å². The van der Waals surface area contributed by atoms with Gasteiger partial charge in [0.25, 0.3) is 5.56 Å². The monoisotopic (exact) mass is 605 g/mol. The summed E-state index contributed by atoms with van der Waals surface area (Å²) < 4.78 is 0.770. The average molecular weight is 606 g/mol. The Hall–Kier alpha value is -3.93. The van der Waals surface area contributed by atoms with Gasteiger partial charge in [-0.3, -0.25) is 14.6 Å². The number of rotatable bonds is 9. The smallest absolute Gasteiger partial charge is 0.283 e. The summed E-state index contributed by atoms with van der Waals surface area (Å²) in [5.74, 6) is 0.439. The van der Waals surface area contributed by atoms with Crippen molar-refractivity contribution in [2.45, 2.75) is 53.5 Å². The van der Waals surface area contributed by atoms with E-state index in [9.17, 15) is 10.0 Å². The topological polar surface area (TPSA) is 48.7 Å². The maximum Gasteiger partial charge on any atom is 0.283 e. The molecule has 238 valence electrons. The van der Waals surface area contributed by atoms with Gasteiger partial charge in [-0.05, 0) is 59.4 Å². The zero-order valence-electron chi connectivity index (χ0n) is 27.8. The highest BCUT2D eigenvalue weighted by atomic mass is 16.5. The summed E-state index contributed by atoms with van der Waals surface area (Å²) in [6, 6.07) is 36.0. The van der Waals surface area contributed by atoms with Crippen LogP contribution in [0.3, 0.4) is 0 Å². The minimum Gasteiger partial charge on any atom is -0.425 e. The van der Waals surface area contributed by atoms with Crippen molar-refractivity contribution in [3.05, 3.63) is 148 Å². The summed E-state index contributed by atoms with van der Waals surface area (Å²) in [6.07, 6.45) is 6.31. The van der Waals surface area contributed by atoms with Crippen molar-refractivity contribution in [1.29, 1.82) is 0 Å². The normalized spacial score (nSPS) is 15.2. The van der Waals surface area contributed by atoms with Crippen LogP contribution in [-0.4, -0.2) is 52.5 Å². The molecule has 0 saturated carbocycles. The molecule has 2 heterocycles. The summed E-state index contributed by atoms with van der Waals surface area (Å²) in [5.41, 5.74) is 5.56. The summed E-state index contributed by atoms with van der Waals surface area (Å²) in [7, 11) is 0. The van der Waals surface area contributed by atoms with E-state index in [2.05, 4.69) is 141 Å². The Bertz CT molecular complexity index is 1480. The lowest BCUT2D eigenvalue weighted by Crippen LogP contribution is -2.47. The summed E-state index contributed by atoms with van der Waals surface area (Å²) in [4.78, 5) is 16.6. The molecule has 0 radical (unpaired) electrons. The zero-order valence-corrected chi connectivity index (χ0v) is 27.8. The van der Waals surface area contributed by atoms with E-state index in [-0.39, 0.29) is 11.0 Å². The third-order valence-electron chi connectivity index (χ3n) is 8.22. The van der Waals surface area contributed by atoms with Gasteiger partial charge in [0.2, 0.25) is 0 Å². The molecule has 0 spiro atoms. The van der Waals surface area contributed by atoms with Crippen molar-refractivity contribution in [2.24, 2.45) is 11.3 Å². The zero-order chi connectivity index (χ0) is 32.2. The van der Waals surface area contributed by atoms with Crippen LogP contribution in [0.4, 0.5) is 0 Å². The third kappa shape index (κ3) is 10.9. The molecule has 1 N–H and O–H groups in total. The van der Waals surface area contributed by atoms with Gasteiger partial charge in [0, 0.05) is 38.8 Å². The first-order valence-corrected chi connectivity index (χ1v) is 16.3. The Kier molecular flexibility index (Phi) is 12.4. The Morgan fingerprint density at radius 1 is 0.800 bits per heavy atom. The van der Waals surface area contributed by atoms with Gasteiger partial charge in [-0.15, -0.1) is 0 Å². The van der Waals surface area contributed by atoms with Crippen LogP contribution in [-0.2, 0) is 6.42 Å². The van der Waals surface area contributed by atoms with E-state index in [4.69, 9.17) is 0 Å². The van der Waals surface area contributed by atoms with Crippen molar-refractivity contribution >= 4 is 6.08 Å². The molecule has 0 bridgehead atoms. The van der Waals surface area contributed by atoms with Crippen molar-refractivity contribution in [1.82, 2.24) is 14.5 Å². The van der Waals surface area contributed by atoms with Gasteiger partial charge >= 0.3 is 0 Å². The van der Waals surface area contributed by atoms with Gasteiger partial charge in [-0.1, -0.05) is 131 Å². The number of benzene rings is 3. The molecule has 1 saturated heterocycles. The van der Waals surface area contributed by atoms with Gasteiger partial charge in [0.1, 0.15) is 0 Å². The van der Waals surface area contributed by atoms with E-state index in [1.165, 1.54) is 22.8 Å². The first-order chi connectivity index (χ1) is 21.6. The molecule has 4 aromatic rings. The summed E-state index contributed by atoms with van der Waals surface area (Å²) in [5, 5.41) is 9.67. The molecule has 1 fully saturated rings. The van der Waals surface area contributed by atoms with Crippen molar-refractivity contribution in [2.75, 3.05) is 32.7 Å². The van der Waals surface area contributed by atoms with E-state index in [0.717, 1.165) is 55.9 Å². The maximum absolute atomic E-state index is 11.4. The van der Waals surface area contributed by atoms with Crippen LogP contribution in [0.1, 0.15) is 68.1 Å². The molecule has 3 aromatic carbocycles. The van der Waals surface area contributed by atoms with Crippen LogP contribution < -0.4 is 5.56 Å². The molecule has 0 amide bonds. The van der Waals surface area contributed by atoms with E-state index in [1.54, 1.807) is 0 Å². The molecule has 45 heavy (non-hydrogen) atoms. The fourth-order valence-corrected chi connectivity index (χ4v) is 6.37. The first kappa shape index (κ1) is 34.0. The molecule has 5 nitrogen and oxygen atoms in total. The highest BCUT2D eigenvalue weighted by Gasteiger charge is 2.26. The fraction of sp³-hybridized carbons (Fsp3) is 0.375. The van der Waals surface area contributed by atoms with Crippen LogP contribution in [0, 0.1) is 18.3 Å². The maximum atomic E-state index is 11.4. The molecule has 1 unspecified atom stereocenters. The number of hydrogen-bond acceptors (Lipinski definition) is 4. The fourth-order valence-electron chi connectivity index (χ4n) is 6.37. The van der Waals surface area contributed by atoms with E-state index >= 15 is 0 Å². The number of aryl methyl sites for hydroxylation is 1. The number of aromatic nitrogens is 1. The van der Waals surface area contributed by atoms with Gasteiger partial charge in [-0.25, -0.2) is 0 Å². The molecule has 1 atom stereocenters. The lowest BCUT2D eigenvalue weighted by Gasteiger charge is -2.39. The van der Waals surface area contributed by atoms with E-state index < -0.39 is 0 Å². The molecular weight excluding hydrogens is 554 g/mol. The first-order valence-electron chi connectivity index (χ1n) is 16.3. The van der Waals surface area contributed by atoms with Gasteiger partial charge in [0.05, 0.1) is 11.7 Å². The third-order valence-corrected chi connectivity index (χ3v) is 8.22. The predicted molar refractivity (Wildman–Crippen MR) is 188 cm³/mol. The van der Waals surface area contributed by atoms with Crippen molar-refractivity contribution in [3.8, 4) is 0 Å². The Balaban J connectivity index is 0.000000233. The highest BCUT2D eigenvalue weighted by molar-refractivity contribution is 5.48. The lowest BCUT2D eigenvalue weighted by atomic mass is 9.83. The average Bonchev–Trinajstić information content (AvgIpc) is 3.02. The SMILES string of the molecule is C(=C\c1ccccc1)/CN1CCN(C(c2ccccc2)c2ccccc2)CC1.Cc1cc(CC(C)CC(C)(C)C)n(O)c(=O)c1. The second-order valence-electron chi connectivity index (χ2n) is 13.6.